The van der Waals surface area contributed by atoms with E-state index in [1.54, 1.807) is 0 Å². The van der Waals surface area contributed by atoms with Crippen molar-refractivity contribution < 1.29 is 14.2 Å². The molecule has 140 valence electrons. The quantitative estimate of drug-likeness (QED) is 0.868. The number of nitriles is 1. The maximum atomic E-state index is 9.80. The van der Waals surface area contributed by atoms with Gasteiger partial charge in [-0.3, -0.25) is 0 Å². The zero-order chi connectivity index (χ0) is 19.3. The van der Waals surface area contributed by atoms with Crippen LogP contribution >= 0.6 is 0 Å². The third-order valence-electron chi connectivity index (χ3n) is 5.38. The molecular formula is C21H18N4O3. The fourth-order valence-corrected chi connectivity index (χ4v) is 4.10. The molecule has 0 spiro atoms. The standard InChI is InChI=1S/C21H18N4O3/c1-12-18-19(13-7-8-16-17(9-13)27-11-26-16)15(10-22)20(23)28-21(18)25(24-12)14-5-3-2-4-6-14/h2-9,18-19,21H,11,23H2,1H3. The van der Waals surface area contributed by atoms with E-state index in [0.29, 0.717) is 17.1 Å². The molecule has 0 saturated carbocycles. The lowest BCUT2D eigenvalue weighted by Crippen LogP contribution is -2.43. The third kappa shape index (κ3) is 2.38. The number of ether oxygens (including phenoxy) is 3. The fraction of sp³-hybridized carbons (Fsp3) is 0.238. The SMILES string of the molecule is CC1=NN(c2ccccc2)C2OC(N)=C(C#N)C(c3ccc4c(c3)OCO4)C12. The number of allylic oxidation sites excluding steroid dienone is 1. The van der Waals surface area contributed by atoms with Crippen molar-refractivity contribution in [2.24, 2.45) is 16.8 Å². The van der Waals surface area contributed by atoms with Crippen LogP contribution in [0.2, 0.25) is 0 Å². The van der Waals surface area contributed by atoms with Gasteiger partial charge in [-0.05, 0) is 36.8 Å². The minimum Gasteiger partial charge on any atom is -0.454 e. The monoisotopic (exact) mass is 374 g/mol. The highest BCUT2D eigenvalue weighted by atomic mass is 16.7. The summed E-state index contributed by atoms with van der Waals surface area (Å²) in [7, 11) is 0. The van der Waals surface area contributed by atoms with Crippen LogP contribution in [0.1, 0.15) is 18.4 Å². The van der Waals surface area contributed by atoms with E-state index in [2.05, 4.69) is 6.07 Å². The number of nitrogens with two attached hydrogens (primary N) is 1. The maximum absolute atomic E-state index is 9.80. The number of hydrogen-bond donors (Lipinski definition) is 1. The van der Waals surface area contributed by atoms with Crippen LogP contribution in [0.5, 0.6) is 11.5 Å². The largest absolute Gasteiger partial charge is 0.454 e. The molecule has 0 bridgehead atoms. The highest BCUT2D eigenvalue weighted by Crippen LogP contribution is 2.47. The number of rotatable bonds is 2. The van der Waals surface area contributed by atoms with Gasteiger partial charge in [0.1, 0.15) is 6.07 Å². The van der Waals surface area contributed by atoms with Gasteiger partial charge < -0.3 is 19.9 Å². The van der Waals surface area contributed by atoms with Crippen LogP contribution in [0.25, 0.3) is 0 Å². The minimum atomic E-state index is -0.421. The summed E-state index contributed by atoms with van der Waals surface area (Å²) >= 11 is 0. The summed E-state index contributed by atoms with van der Waals surface area (Å²) in [6, 6.07) is 17.8. The minimum absolute atomic E-state index is 0.136. The molecule has 0 saturated heterocycles. The highest BCUT2D eigenvalue weighted by Gasteiger charge is 2.49. The molecule has 3 heterocycles. The van der Waals surface area contributed by atoms with Crippen molar-refractivity contribution in [1.82, 2.24) is 0 Å². The number of nitrogens with zero attached hydrogens (tertiary/aromatic N) is 3. The molecule has 2 aromatic carbocycles. The molecule has 0 amide bonds. The van der Waals surface area contributed by atoms with Gasteiger partial charge in [-0.25, -0.2) is 5.01 Å². The molecule has 5 rings (SSSR count). The van der Waals surface area contributed by atoms with Gasteiger partial charge in [-0.1, -0.05) is 24.3 Å². The van der Waals surface area contributed by atoms with Gasteiger partial charge >= 0.3 is 0 Å². The first-order chi connectivity index (χ1) is 13.7. The highest BCUT2D eigenvalue weighted by molar-refractivity contribution is 5.90. The van der Waals surface area contributed by atoms with Crippen molar-refractivity contribution in [3.63, 3.8) is 0 Å². The van der Waals surface area contributed by atoms with E-state index in [4.69, 9.17) is 25.0 Å². The first kappa shape index (κ1) is 16.5. The normalized spacial score (nSPS) is 25.1. The van der Waals surface area contributed by atoms with Crippen molar-refractivity contribution in [1.29, 1.82) is 5.26 Å². The Bertz CT molecular complexity index is 1040. The summed E-state index contributed by atoms with van der Waals surface area (Å²) in [5.74, 6) is 1.07. The van der Waals surface area contributed by atoms with Crippen molar-refractivity contribution in [3.8, 4) is 17.6 Å². The summed E-state index contributed by atoms with van der Waals surface area (Å²) in [6.07, 6.45) is -0.421. The molecule has 0 aliphatic carbocycles. The van der Waals surface area contributed by atoms with Crippen molar-refractivity contribution in [3.05, 3.63) is 65.6 Å². The summed E-state index contributed by atoms with van der Waals surface area (Å²) < 4.78 is 16.9. The van der Waals surface area contributed by atoms with Crippen molar-refractivity contribution in [2.45, 2.75) is 19.1 Å². The lowest BCUT2D eigenvalue weighted by atomic mass is 9.76. The van der Waals surface area contributed by atoms with Crippen LogP contribution in [0.4, 0.5) is 5.69 Å². The lowest BCUT2D eigenvalue weighted by molar-refractivity contribution is 0.0662. The van der Waals surface area contributed by atoms with Crippen molar-refractivity contribution in [2.75, 3.05) is 11.8 Å². The van der Waals surface area contributed by atoms with E-state index < -0.39 is 6.23 Å². The van der Waals surface area contributed by atoms with Gasteiger partial charge in [0.05, 0.1) is 17.2 Å². The van der Waals surface area contributed by atoms with E-state index in [9.17, 15) is 5.26 Å². The molecular weight excluding hydrogens is 356 g/mol. The first-order valence-electron chi connectivity index (χ1n) is 9.02. The number of para-hydroxylation sites is 1. The van der Waals surface area contributed by atoms with Crippen LogP contribution in [0, 0.1) is 17.2 Å². The van der Waals surface area contributed by atoms with E-state index in [0.717, 1.165) is 17.0 Å². The molecule has 28 heavy (non-hydrogen) atoms. The predicted molar refractivity (Wildman–Crippen MR) is 103 cm³/mol. The molecule has 7 heteroatoms. The average Bonchev–Trinajstić information content (AvgIpc) is 3.31. The molecule has 3 atom stereocenters. The average molecular weight is 374 g/mol. The van der Waals surface area contributed by atoms with Gasteiger partial charge in [0.25, 0.3) is 0 Å². The summed E-state index contributed by atoms with van der Waals surface area (Å²) in [5.41, 5.74) is 9.30. The number of fused-ring (bicyclic) bond motifs is 2. The Hall–Kier alpha value is -3.66. The zero-order valence-electron chi connectivity index (χ0n) is 15.2. The number of benzene rings is 2. The number of anilines is 1. The Morgan fingerprint density at radius 3 is 2.71 bits per heavy atom. The van der Waals surface area contributed by atoms with E-state index >= 15 is 0 Å². The number of hydrazone groups is 1. The van der Waals surface area contributed by atoms with E-state index in [1.165, 1.54) is 0 Å². The van der Waals surface area contributed by atoms with Gasteiger partial charge in [0.2, 0.25) is 18.9 Å². The van der Waals surface area contributed by atoms with Gasteiger partial charge in [0, 0.05) is 11.6 Å². The summed E-state index contributed by atoms with van der Waals surface area (Å²) in [4.78, 5) is 0. The number of hydrogen-bond acceptors (Lipinski definition) is 7. The van der Waals surface area contributed by atoms with E-state index in [1.807, 2.05) is 60.5 Å². The molecule has 0 aromatic heterocycles. The van der Waals surface area contributed by atoms with Crippen LogP contribution in [0.15, 0.2) is 65.1 Å². The van der Waals surface area contributed by atoms with Crippen LogP contribution in [-0.4, -0.2) is 18.7 Å². The van der Waals surface area contributed by atoms with Crippen LogP contribution in [-0.2, 0) is 4.74 Å². The zero-order valence-corrected chi connectivity index (χ0v) is 15.2. The van der Waals surface area contributed by atoms with Crippen LogP contribution < -0.4 is 20.2 Å². The second-order valence-electron chi connectivity index (χ2n) is 6.94. The van der Waals surface area contributed by atoms with Gasteiger partial charge in [-0.15, -0.1) is 0 Å². The second-order valence-corrected chi connectivity index (χ2v) is 6.94. The Morgan fingerprint density at radius 2 is 1.93 bits per heavy atom. The first-order valence-corrected chi connectivity index (χ1v) is 9.02. The molecule has 3 aliphatic heterocycles. The van der Waals surface area contributed by atoms with Gasteiger partial charge in [0.15, 0.2) is 11.5 Å². The molecule has 0 fully saturated rings. The Kier molecular flexibility index (Phi) is 3.66. The third-order valence-corrected chi connectivity index (χ3v) is 5.38. The lowest BCUT2D eigenvalue weighted by Gasteiger charge is -2.37. The molecule has 2 N–H and O–H groups in total. The Balaban J connectivity index is 1.61. The summed E-state index contributed by atoms with van der Waals surface area (Å²) in [6.45, 7) is 2.16. The molecule has 2 aromatic rings. The van der Waals surface area contributed by atoms with E-state index in [-0.39, 0.29) is 24.5 Å². The second kappa shape index (κ2) is 6.20. The fourth-order valence-electron chi connectivity index (χ4n) is 4.10. The van der Waals surface area contributed by atoms with Gasteiger partial charge in [-0.2, -0.15) is 10.4 Å². The van der Waals surface area contributed by atoms with Crippen LogP contribution in [0.3, 0.4) is 0 Å². The predicted octanol–water partition coefficient (Wildman–Crippen LogP) is 3.06. The molecule has 7 nitrogen and oxygen atoms in total. The Morgan fingerprint density at radius 1 is 1.14 bits per heavy atom. The topological polar surface area (TPSA) is 93.1 Å². The maximum Gasteiger partial charge on any atom is 0.231 e. The van der Waals surface area contributed by atoms with Crippen molar-refractivity contribution >= 4 is 11.4 Å². The Labute approximate surface area is 162 Å². The molecule has 3 aliphatic rings. The molecule has 0 radical (unpaired) electrons. The molecule has 3 unspecified atom stereocenters. The smallest absolute Gasteiger partial charge is 0.231 e. The summed E-state index contributed by atoms with van der Waals surface area (Å²) in [5, 5.41) is 16.4.